The third-order valence-electron chi connectivity index (χ3n) is 2.25. The predicted octanol–water partition coefficient (Wildman–Crippen LogP) is 3.65. The Hall–Kier alpha value is -1.80. The lowest BCUT2D eigenvalue weighted by Crippen LogP contribution is -1.90. The number of nitrogen functional groups attached to an aromatic ring is 1. The molecule has 0 fully saturated rings. The molecule has 0 unspecified atom stereocenters. The van der Waals surface area contributed by atoms with E-state index < -0.39 is 0 Å². The van der Waals surface area contributed by atoms with Crippen molar-refractivity contribution in [3.05, 3.63) is 66.2 Å². The first kappa shape index (κ1) is 14.3. The van der Waals surface area contributed by atoms with E-state index in [1.165, 1.54) is 0 Å². The molecule has 0 aliphatic rings. The molecular formula is C15H16ClNO. The minimum Gasteiger partial charge on any atom is -0.399 e. The van der Waals surface area contributed by atoms with Gasteiger partial charge in [0.25, 0.3) is 0 Å². The summed E-state index contributed by atoms with van der Waals surface area (Å²) < 4.78 is 0. The molecule has 0 aromatic heterocycles. The molecule has 0 spiro atoms. The topological polar surface area (TPSA) is 43.1 Å². The molecule has 2 aromatic carbocycles. The molecule has 2 nitrogen and oxygen atoms in total. The molecule has 0 atom stereocenters. The van der Waals surface area contributed by atoms with Crippen LogP contribution in [0.15, 0.2) is 60.7 Å². The molecule has 2 aromatic rings. The van der Waals surface area contributed by atoms with Crippen molar-refractivity contribution in [2.45, 2.75) is 12.8 Å². The van der Waals surface area contributed by atoms with Gasteiger partial charge in [-0.1, -0.05) is 48.5 Å². The summed E-state index contributed by atoms with van der Waals surface area (Å²) in [5.74, 6) is 0. The molecule has 94 valence electrons. The van der Waals surface area contributed by atoms with E-state index in [0.29, 0.717) is 6.42 Å². The van der Waals surface area contributed by atoms with Crippen LogP contribution in [0, 0.1) is 0 Å². The van der Waals surface area contributed by atoms with Gasteiger partial charge in [-0.3, -0.25) is 4.79 Å². The van der Waals surface area contributed by atoms with E-state index in [-0.39, 0.29) is 5.24 Å². The van der Waals surface area contributed by atoms with Gasteiger partial charge in [-0.05, 0) is 35.7 Å². The van der Waals surface area contributed by atoms with E-state index in [0.717, 1.165) is 17.7 Å². The first-order valence-corrected chi connectivity index (χ1v) is 6.09. The molecule has 2 N–H and O–H groups in total. The standard InChI is InChI=1S/C9H9ClO.C6H7N/c10-9(11)7-6-8-4-2-1-3-5-8;7-6-4-2-1-3-5-6/h1-5H,6-7H2;1-5H,7H2. The van der Waals surface area contributed by atoms with Gasteiger partial charge in [-0.25, -0.2) is 0 Å². The maximum Gasteiger partial charge on any atom is 0.221 e. The number of nitrogens with two attached hydrogens (primary N) is 1. The largest absolute Gasteiger partial charge is 0.399 e. The highest BCUT2D eigenvalue weighted by Gasteiger charge is 1.96. The van der Waals surface area contributed by atoms with Crippen molar-refractivity contribution < 1.29 is 4.79 Å². The molecule has 0 aliphatic carbocycles. The van der Waals surface area contributed by atoms with Gasteiger partial charge in [0.05, 0.1) is 0 Å². The third kappa shape index (κ3) is 6.71. The number of benzene rings is 2. The number of aryl methyl sites for hydroxylation is 1. The molecule has 2 rings (SSSR count). The molecule has 0 heterocycles. The van der Waals surface area contributed by atoms with Gasteiger partial charge >= 0.3 is 0 Å². The fraction of sp³-hybridized carbons (Fsp3) is 0.133. The molecule has 0 saturated heterocycles. The number of para-hydroxylation sites is 1. The Kier molecular flexibility index (Phi) is 6.59. The Morgan fingerprint density at radius 1 is 0.944 bits per heavy atom. The van der Waals surface area contributed by atoms with Crippen LogP contribution in [-0.2, 0) is 11.2 Å². The van der Waals surface area contributed by atoms with Gasteiger partial charge in [-0.2, -0.15) is 0 Å². The van der Waals surface area contributed by atoms with Gasteiger partial charge in [0.15, 0.2) is 0 Å². The van der Waals surface area contributed by atoms with Gasteiger partial charge in [-0.15, -0.1) is 0 Å². The second-order valence-corrected chi connectivity index (χ2v) is 4.17. The number of carbonyl (C=O) groups is 1. The Morgan fingerprint density at radius 3 is 1.83 bits per heavy atom. The number of hydrogen-bond acceptors (Lipinski definition) is 2. The van der Waals surface area contributed by atoms with Crippen LogP contribution in [0.4, 0.5) is 5.69 Å². The highest BCUT2D eigenvalue weighted by Crippen LogP contribution is 2.03. The normalized spacial score (nSPS) is 9.17. The van der Waals surface area contributed by atoms with Crippen LogP contribution < -0.4 is 5.73 Å². The zero-order valence-corrected chi connectivity index (χ0v) is 10.8. The van der Waals surface area contributed by atoms with Crippen LogP contribution in [-0.4, -0.2) is 5.24 Å². The van der Waals surface area contributed by atoms with Gasteiger partial charge in [0, 0.05) is 12.1 Å². The molecule has 0 bridgehead atoms. The molecule has 0 radical (unpaired) electrons. The number of halogens is 1. The highest BCUT2D eigenvalue weighted by molar-refractivity contribution is 6.63. The summed E-state index contributed by atoms with van der Waals surface area (Å²) in [6.07, 6.45) is 1.16. The Labute approximate surface area is 112 Å². The van der Waals surface area contributed by atoms with Gasteiger partial charge in [0.1, 0.15) is 0 Å². The van der Waals surface area contributed by atoms with E-state index in [2.05, 4.69) is 0 Å². The Bertz CT molecular complexity index is 456. The van der Waals surface area contributed by atoms with Gasteiger partial charge in [0.2, 0.25) is 5.24 Å². The second kappa shape index (κ2) is 8.31. The maximum atomic E-state index is 10.4. The zero-order chi connectivity index (χ0) is 13.2. The monoisotopic (exact) mass is 261 g/mol. The summed E-state index contributed by atoms with van der Waals surface area (Å²) in [6.45, 7) is 0. The van der Waals surface area contributed by atoms with Crippen molar-refractivity contribution in [1.82, 2.24) is 0 Å². The lowest BCUT2D eigenvalue weighted by atomic mass is 10.1. The summed E-state index contributed by atoms with van der Waals surface area (Å²) in [5.41, 5.74) is 7.33. The quantitative estimate of drug-likeness (QED) is 0.677. The zero-order valence-electron chi connectivity index (χ0n) is 10.1. The molecule has 0 amide bonds. The molecule has 18 heavy (non-hydrogen) atoms. The van der Waals surface area contributed by atoms with E-state index in [9.17, 15) is 4.79 Å². The van der Waals surface area contributed by atoms with Gasteiger partial charge < -0.3 is 5.73 Å². The van der Waals surface area contributed by atoms with Crippen LogP contribution >= 0.6 is 11.6 Å². The number of anilines is 1. The smallest absolute Gasteiger partial charge is 0.221 e. The lowest BCUT2D eigenvalue weighted by Gasteiger charge is -1.95. The Balaban J connectivity index is 0.000000199. The number of carbonyl (C=O) groups excluding carboxylic acids is 1. The maximum absolute atomic E-state index is 10.4. The average Bonchev–Trinajstić information content (AvgIpc) is 2.39. The van der Waals surface area contributed by atoms with Crippen LogP contribution in [0.3, 0.4) is 0 Å². The minimum atomic E-state index is -0.270. The summed E-state index contributed by atoms with van der Waals surface area (Å²) >= 11 is 5.19. The second-order valence-electron chi connectivity index (χ2n) is 3.75. The summed E-state index contributed by atoms with van der Waals surface area (Å²) in [7, 11) is 0. The summed E-state index contributed by atoms with van der Waals surface area (Å²) in [4.78, 5) is 10.4. The van der Waals surface area contributed by atoms with Crippen LogP contribution in [0.5, 0.6) is 0 Å². The summed E-state index contributed by atoms with van der Waals surface area (Å²) in [5, 5.41) is -0.270. The first-order valence-electron chi connectivity index (χ1n) is 5.71. The van der Waals surface area contributed by atoms with E-state index in [4.69, 9.17) is 17.3 Å². The number of hydrogen-bond donors (Lipinski definition) is 1. The van der Waals surface area contributed by atoms with Crippen molar-refractivity contribution in [3.8, 4) is 0 Å². The predicted molar refractivity (Wildman–Crippen MR) is 76.5 cm³/mol. The number of rotatable bonds is 3. The van der Waals surface area contributed by atoms with E-state index in [1.54, 1.807) is 0 Å². The molecule has 0 aliphatic heterocycles. The van der Waals surface area contributed by atoms with Crippen molar-refractivity contribution >= 4 is 22.5 Å². The summed E-state index contributed by atoms with van der Waals surface area (Å²) in [6, 6.07) is 19.3. The van der Waals surface area contributed by atoms with Crippen LogP contribution in [0.25, 0.3) is 0 Å². The molecule has 0 saturated carbocycles. The fourth-order valence-corrected chi connectivity index (χ4v) is 1.43. The van der Waals surface area contributed by atoms with Crippen molar-refractivity contribution in [1.29, 1.82) is 0 Å². The van der Waals surface area contributed by atoms with Crippen molar-refractivity contribution in [2.75, 3.05) is 5.73 Å². The molecular weight excluding hydrogens is 246 g/mol. The lowest BCUT2D eigenvalue weighted by molar-refractivity contribution is -0.111. The van der Waals surface area contributed by atoms with Crippen molar-refractivity contribution in [3.63, 3.8) is 0 Å². The molecule has 3 heteroatoms. The highest BCUT2D eigenvalue weighted by atomic mass is 35.5. The van der Waals surface area contributed by atoms with Crippen molar-refractivity contribution in [2.24, 2.45) is 0 Å². The van der Waals surface area contributed by atoms with E-state index in [1.807, 2.05) is 60.7 Å². The van der Waals surface area contributed by atoms with E-state index >= 15 is 0 Å². The first-order chi connectivity index (χ1) is 8.68. The minimum absolute atomic E-state index is 0.270. The SMILES string of the molecule is Nc1ccccc1.O=C(Cl)CCc1ccccc1. The Morgan fingerprint density at radius 2 is 1.44 bits per heavy atom. The fourth-order valence-electron chi connectivity index (χ4n) is 1.34. The average molecular weight is 262 g/mol. The third-order valence-corrected chi connectivity index (χ3v) is 2.44. The van der Waals surface area contributed by atoms with Crippen LogP contribution in [0.1, 0.15) is 12.0 Å². The van der Waals surface area contributed by atoms with Crippen LogP contribution in [0.2, 0.25) is 0 Å².